The van der Waals surface area contributed by atoms with E-state index in [4.69, 9.17) is 14.6 Å². The van der Waals surface area contributed by atoms with Crippen molar-refractivity contribution in [2.45, 2.75) is 11.5 Å². The minimum atomic E-state index is -4.08. The first kappa shape index (κ1) is 20.4. The van der Waals surface area contributed by atoms with Crippen LogP contribution in [0.3, 0.4) is 0 Å². The Kier molecular flexibility index (Phi) is 6.18. The Balaban J connectivity index is 2.30. The van der Waals surface area contributed by atoms with Gasteiger partial charge in [0.25, 0.3) is 5.91 Å². The fourth-order valence-corrected chi connectivity index (χ4v) is 2.91. The van der Waals surface area contributed by atoms with E-state index < -0.39 is 22.5 Å². The predicted molar refractivity (Wildman–Crippen MR) is 91.9 cm³/mol. The van der Waals surface area contributed by atoms with E-state index in [2.05, 4.69) is 10.1 Å². The van der Waals surface area contributed by atoms with Gasteiger partial charge in [-0.2, -0.15) is 8.78 Å². The number of amides is 1. The maximum Gasteiger partial charge on any atom is 0.387 e. The highest BCUT2D eigenvalue weighted by Crippen LogP contribution is 2.30. The Morgan fingerprint density at radius 3 is 2.22 bits per heavy atom. The summed E-state index contributed by atoms with van der Waals surface area (Å²) in [6, 6.07) is 7.49. The smallest absolute Gasteiger partial charge is 0.387 e. The highest BCUT2D eigenvalue weighted by molar-refractivity contribution is 7.89. The van der Waals surface area contributed by atoms with Crippen molar-refractivity contribution in [3.05, 3.63) is 42.0 Å². The molecule has 27 heavy (non-hydrogen) atoms. The minimum absolute atomic E-state index is 0.0191. The number of primary sulfonamides is 1. The second-order valence-electron chi connectivity index (χ2n) is 5.11. The topological polar surface area (TPSA) is 117 Å². The molecule has 0 unspecified atom stereocenters. The molecular formula is C16H16F2N2O6S. The molecule has 0 aliphatic carbocycles. The maximum absolute atomic E-state index is 12.4. The fraction of sp³-hybridized carbons (Fsp3) is 0.188. The molecule has 0 atom stereocenters. The number of halogens is 2. The number of hydrogen-bond donors (Lipinski definition) is 2. The zero-order chi connectivity index (χ0) is 20.2. The van der Waals surface area contributed by atoms with Crippen molar-refractivity contribution in [3.63, 3.8) is 0 Å². The molecule has 0 aliphatic rings. The summed E-state index contributed by atoms with van der Waals surface area (Å²) in [5.41, 5.74) is 0.207. The van der Waals surface area contributed by atoms with Crippen LogP contribution in [0, 0.1) is 0 Å². The van der Waals surface area contributed by atoms with Crippen LogP contribution in [0.1, 0.15) is 10.4 Å². The van der Waals surface area contributed by atoms with Gasteiger partial charge in [0.15, 0.2) is 11.5 Å². The van der Waals surface area contributed by atoms with E-state index in [1.54, 1.807) is 0 Å². The first-order valence-electron chi connectivity index (χ1n) is 7.30. The van der Waals surface area contributed by atoms with E-state index in [9.17, 15) is 22.0 Å². The van der Waals surface area contributed by atoms with E-state index >= 15 is 0 Å². The van der Waals surface area contributed by atoms with Gasteiger partial charge in [-0.15, -0.1) is 0 Å². The largest absolute Gasteiger partial charge is 0.495 e. The van der Waals surface area contributed by atoms with Gasteiger partial charge >= 0.3 is 6.61 Å². The summed E-state index contributed by atoms with van der Waals surface area (Å²) in [5.74, 6) is -0.916. The highest BCUT2D eigenvalue weighted by Gasteiger charge is 2.18. The van der Waals surface area contributed by atoms with Crippen LogP contribution in [0.25, 0.3) is 0 Å². The number of alkyl halides is 2. The summed E-state index contributed by atoms with van der Waals surface area (Å²) in [6.45, 7) is -3.05. The van der Waals surface area contributed by atoms with Crippen molar-refractivity contribution in [3.8, 4) is 17.2 Å². The molecule has 0 aromatic heterocycles. The number of sulfonamides is 1. The minimum Gasteiger partial charge on any atom is -0.495 e. The maximum atomic E-state index is 12.4. The number of benzene rings is 2. The number of methoxy groups -OCH3 is 2. The number of nitrogens with two attached hydrogens (primary N) is 1. The number of rotatable bonds is 7. The molecule has 1 amide bonds. The van der Waals surface area contributed by atoms with Crippen molar-refractivity contribution < 1.29 is 36.2 Å². The molecule has 0 saturated carbocycles. The van der Waals surface area contributed by atoms with Gasteiger partial charge in [0.05, 0.1) is 14.2 Å². The molecule has 0 radical (unpaired) electrons. The van der Waals surface area contributed by atoms with Crippen molar-refractivity contribution in [2.75, 3.05) is 19.5 Å². The van der Waals surface area contributed by atoms with Crippen LogP contribution < -0.4 is 24.7 Å². The fourth-order valence-electron chi connectivity index (χ4n) is 2.18. The molecule has 0 spiro atoms. The molecule has 0 saturated heterocycles. The van der Waals surface area contributed by atoms with Crippen molar-refractivity contribution >= 4 is 21.6 Å². The first-order chi connectivity index (χ1) is 12.7. The van der Waals surface area contributed by atoms with Gasteiger partial charge in [-0.1, -0.05) is 0 Å². The Morgan fingerprint density at radius 2 is 1.67 bits per heavy atom. The number of anilines is 1. The molecule has 0 heterocycles. The van der Waals surface area contributed by atoms with Gasteiger partial charge in [-0.3, -0.25) is 4.79 Å². The molecule has 0 aliphatic heterocycles. The standard InChI is InChI=1S/C16H16F2N2O6S/c1-24-12-6-4-10(8-14(12)27(19,22)23)20-15(21)9-3-5-11(26-16(17)18)13(7-9)25-2/h3-8,16H,1-2H3,(H,20,21)(H2,19,22,23). The third-order valence-electron chi connectivity index (χ3n) is 3.37. The molecule has 2 aromatic rings. The zero-order valence-corrected chi connectivity index (χ0v) is 15.0. The van der Waals surface area contributed by atoms with Crippen LogP contribution >= 0.6 is 0 Å². The van der Waals surface area contributed by atoms with Gasteiger partial charge in [-0.05, 0) is 36.4 Å². The predicted octanol–water partition coefficient (Wildman–Crippen LogP) is 2.20. The van der Waals surface area contributed by atoms with E-state index in [-0.39, 0.29) is 33.4 Å². The average molecular weight is 402 g/mol. The van der Waals surface area contributed by atoms with Crippen molar-refractivity contribution in [2.24, 2.45) is 5.14 Å². The second-order valence-corrected chi connectivity index (χ2v) is 6.64. The third-order valence-corrected chi connectivity index (χ3v) is 4.30. The highest BCUT2D eigenvalue weighted by atomic mass is 32.2. The molecular weight excluding hydrogens is 386 g/mol. The van der Waals surface area contributed by atoms with Crippen molar-refractivity contribution in [1.82, 2.24) is 0 Å². The Morgan fingerprint density at radius 1 is 1.04 bits per heavy atom. The lowest BCUT2D eigenvalue weighted by Crippen LogP contribution is -2.16. The van der Waals surface area contributed by atoms with Crippen LogP contribution in [0.4, 0.5) is 14.5 Å². The number of hydrogen-bond acceptors (Lipinski definition) is 6. The summed E-state index contributed by atoms with van der Waals surface area (Å²) in [6.07, 6.45) is 0. The summed E-state index contributed by atoms with van der Waals surface area (Å²) in [4.78, 5) is 12.1. The van der Waals surface area contributed by atoms with Crippen LogP contribution in [0.15, 0.2) is 41.3 Å². The molecule has 11 heteroatoms. The quantitative estimate of drug-likeness (QED) is 0.733. The Hall–Kier alpha value is -2.92. The van der Waals surface area contributed by atoms with Crippen LogP contribution in [-0.2, 0) is 10.0 Å². The number of nitrogens with one attached hydrogen (secondary N) is 1. The second kappa shape index (κ2) is 8.18. The Labute approximate surface area is 153 Å². The average Bonchev–Trinajstić information content (AvgIpc) is 2.60. The summed E-state index contributed by atoms with van der Waals surface area (Å²) >= 11 is 0. The summed E-state index contributed by atoms with van der Waals surface area (Å²) < 4.78 is 62.1. The lowest BCUT2D eigenvalue weighted by Gasteiger charge is -2.12. The first-order valence-corrected chi connectivity index (χ1v) is 8.85. The lowest BCUT2D eigenvalue weighted by molar-refractivity contribution is -0.0512. The van der Waals surface area contributed by atoms with Gasteiger partial charge < -0.3 is 19.5 Å². The monoisotopic (exact) mass is 402 g/mol. The third kappa shape index (κ3) is 5.05. The number of carbonyl (C=O) groups excluding carboxylic acids is 1. The van der Waals surface area contributed by atoms with Gasteiger partial charge in [-0.25, -0.2) is 13.6 Å². The van der Waals surface area contributed by atoms with Gasteiger partial charge in [0.2, 0.25) is 10.0 Å². The van der Waals surface area contributed by atoms with Crippen molar-refractivity contribution in [1.29, 1.82) is 0 Å². The SMILES string of the molecule is COc1cc(C(=O)Nc2ccc(OC)c(S(N)(=O)=O)c2)ccc1OC(F)F. The van der Waals surface area contributed by atoms with Gasteiger partial charge in [0, 0.05) is 11.3 Å². The van der Waals surface area contributed by atoms with E-state index in [1.165, 1.54) is 38.5 Å². The normalized spacial score (nSPS) is 11.2. The number of ether oxygens (including phenoxy) is 3. The summed E-state index contributed by atoms with van der Waals surface area (Å²) in [7, 11) is -1.57. The van der Waals surface area contributed by atoms with E-state index in [0.717, 1.165) is 12.1 Å². The molecule has 2 rings (SSSR count). The lowest BCUT2D eigenvalue weighted by atomic mass is 10.2. The van der Waals surface area contributed by atoms with Crippen LogP contribution in [-0.4, -0.2) is 35.2 Å². The van der Waals surface area contributed by atoms with Crippen LogP contribution in [0.2, 0.25) is 0 Å². The molecule has 3 N–H and O–H groups in total. The van der Waals surface area contributed by atoms with Gasteiger partial charge in [0.1, 0.15) is 10.6 Å². The number of carbonyl (C=O) groups is 1. The van der Waals surface area contributed by atoms with Crippen LogP contribution in [0.5, 0.6) is 17.2 Å². The summed E-state index contributed by atoms with van der Waals surface area (Å²) in [5, 5.41) is 7.60. The molecule has 146 valence electrons. The Bertz CT molecular complexity index is 950. The zero-order valence-electron chi connectivity index (χ0n) is 14.2. The molecule has 2 aromatic carbocycles. The van der Waals surface area contributed by atoms with E-state index in [1.807, 2.05) is 0 Å². The molecule has 8 nitrogen and oxygen atoms in total. The molecule has 0 bridgehead atoms. The molecule has 0 fully saturated rings. The van der Waals surface area contributed by atoms with E-state index in [0.29, 0.717) is 0 Å².